The summed E-state index contributed by atoms with van der Waals surface area (Å²) in [5.74, 6) is 0.508. The van der Waals surface area contributed by atoms with Crippen LogP contribution >= 0.6 is 0 Å². The summed E-state index contributed by atoms with van der Waals surface area (Å²) in [5.41, 5.74) is 4.60. The van der Waals surface area contributed by atoms with Gasteiger partial charge in [-0.1, -0.05) is 63.4 Å². The third-order valence-electron chi connectivity index (χ3n) is 4.06. The number of rotatable bonds is 7. The zero-order valence-corrected chi connectivity index (χ0v) is 13.2. The van der Waals surface area contributed by atoms with Gasteiger partial charge >= 0.3 is 0 Å². The van der Waals surface area contributed by atoms with Crippen LogP contribution in [0.15, 0.2) is 42.5 Å². The normalized spacial score (nSPS) is 10.8. The van der Waals surface area contributed by atoms with E-state index in [4.69, 9.17) is 0 Å². The molecule has 1 nitrogen and oxygen atoms in total. The van der Waals surface area contributed by atoms with Gasteiger partial charge in [-0.25, -0.2) is 0 Å². The summed E-state index contributed by atoms with van der Waals surface area (Å²) < 4.78 is 0. The van der Waals surface area contributed by atoms with Crippen molar-refractivity contribution in [1.29, 1.82) is 0 Å². The fourth-order valence-corrected chi connectivity index (χ4v) is 2.76. The number of benzene rings is 2. The second kappa shape index (κ2) is 7.87. The number of phenolic OH excluding ortho intramolecular Hbond substituents is 1. The highest BCUT2D eigenvalue weighted by Crippen LogP contribution is 2.31. The average Bonchev–Trinajstić information content (AvgIpc) is 2.53. The third kappa shape index (κ3) is 4.10. The number of unbranched alkanes of at least 4 members (excludes halogenated alkanes) is 3. The maximum absolute atomic E-state index is 10.4. The van der Waals surface area contributed by atoms with Crippen molar-refractivity contribution in [2.24, 2.45) is 0 Å². The molecule has 0 aromatic heterocycles. The zero-order chi connectivity index (χ0) is 15.1. The highest BCUT2D eigenvalue weighted by molar-refractivity contribution is 5.67. The van der Waals surface area contributed by atoms with Gasteiger partial charge < -0.3 is 5.11 Å². The molecular formula is C20H26O. The molecule has 0 unspecified atom stereocenters. The van der Waals surface area contributed by atoms with Crippen LogP contribution in [0.1, 0.15) is 50.7 Å². The zero-order valence-electron chi connectivity index (χ0n) is 13.2. The third-order valence-corrected chi connectivity index (χ3v) is 4.06. The minimum Gasteiger partial charge on any atom is -0.507 e. The van der Waals surface area contributed by atoms with Gasteiger partial charge in [-0.2, -0.15) is 0 Å². The summed E-state index contributed by atoms with van der Waals surface area (Å²) in [5, 5.41) is 10.4. The molecule has 0 aliphatic rings. The Bertz CT molecular complexity index is 558. The molecule has 0 radical (unpaired) electrons. The maximum Gasteiger partial charge on any atom is 0.121 e. The number of phenols is 1. The Balaban J connectivity index is 2.27. The summed E-state index contributed by atoms with van der Waals surface area (Å²) in [6, 6.07) is 14.7. The van der Waals surface area contributed by atoms with Gasteiger partial charge in [0.1, 0.15) is 5.75 Å². The molecule has 0 bridgehead atoms. The Labute approximate surface area is 128 Å². The van der Waals surface area contributed by atoms with Crippen molar-refractivity contribution in [1.82, 2.24) is 0 Å². The predicted molar refractivity (Wildman–Crippen MR) is 90.8 cm³/mol. The van der Waals surface area contributed by atoms with Crippen molar-refractivity contribution in [3.05, 3.63) is 53.6 Å². The first-order chi connectivity index (χ1) is 10.3. The minimum absolute atomic E-state index is 0.508. The van der Waals surface area contributed by atoms with E-state index in [0.717, 1.165) is 30.4 Å². The van der Waals surface area contributed by atoms with Crippen LogP contribution in [-0.2, 0) is 12.8 Å². The lowest BCUT2D eigenvalue weighted by Crippen LogP contribution is -1.93. The molecule has 0 amide bonds. The average molecular weight is 282 g/mol. The first-order valence-electron chi connectivity index (χ1n) is 8.16. The predicted octanol–water partition coefficient (Wildman–Crippen LogP) is 5.74. The fourth-order valence-electron chi connectivity index (χ4n) is 2.76. The number of hydrogen-bond acceptors (Lipinski definition) is 1. The van der Waals surface area contributed by atoms with E-state index in [2.05, 4.69) is 50.2 Å². The molecule has 0 spiro atoms. The van der Waals surface area contributed by atoms with E-state index < -0.39 is 0 Å². The Morgan fingerprint density at radius 1 is 0.810 bits per heavy atom. The van der Waals surface area contributed by atoms with Gasteiger partial charge in [-0.05, 0) is 53.6 Å². The van der Waals surface area contributed by atoms with E-state index in [9.17, 15) is 5.11 Å². The fraction of sp³-hybridized carbons (Fsp3) is 0.400. The van der Waals surface area contributed by atoms with E-state index >= 15 is 0 Å². The summed E-state index contributed by atoms with van der Waals surface area (Å²) in [7, 11) is 0. The molecule has 0 saturated carbocycles. The number of aromatic hydroxyl groups is 1. The summed E-state index contributed by atoms with van der Waals surface area (Å²) in [4.78, 5) is 0. The number of aryl methyl sites for hydroxylation is 2. The van der Waals surface area contributed by atoms with Crippen molar-refractivity contribution in [2.75, 3.05) is 0 Å². The van der Waals surface area contributed by atoms with Gasteiger partial charge in [0, 0.05) is 0 Å². The minimum atomic E-state index is 0.508. The molecule has 0 aliphatic heterocycles. The van der Waals surface area contributed by atoms with Crippen molar-refractivity contribution in [3.63, 3.8) is 0 Å². The molecule has 21 heavy (non-hydrogen) atoms. The van der Waals surface area contributed by atoms with E-state index in [0.29, 0.717) is 5.75 Å². The summed E-state index contributed by atoms with van der Waals surface area (Å²) in [6.07, 6.45) is 6.76. The molecule has 0 heterocycles. The van der Waals surface area contributed by atoms with Gasteiger partial charge in [0.2, 0.25) is 0 Å². The topological polar surface area (TPSA) is 20.2 Å². The Morgan fingerprint density at radius 2 is 1.52 bits per heavy atom. The maximum atomic E-state index is 10.4. The van der Waals surface area contributed by atoms with Gasteiger partial charge in [0.05, 0.1) is 0 Å². The smallest absolute Gasteiger partial charge is 0.121 e. The summed E-state index contributed by atoms with van der Waals surface area (Å²) in [6.45, 7) is 4.33. The van der Waals surface area contributed by atoms with Crippen molar-refractivity contribution >= 4 is 0 Å². The molecule has 112 valence electrons. The van der Waals surface area contributed by atoms with Crippen LogP contribution in [0.25, 0.3) is 11.1 Å². The molecule has 0 atom stereocenters. The van der Waals surface area contributed by atoms with Crippen LogP contribution in [0.5, 0.6) is 5.75 Å². The Morgan fingerprint density at radius 3 is 2.19 bits per heavy atom. The Hall–Kier alpha value is -1.76. The molecule has 2 aromatic rings. The molecule has 2 aromatic carbocycles. The lowest BCUT2D eigenvalue weighted by Gasteiger charge is -2.12. The van der Waals surface area contributed by atoms with E-state index in [1.807, 2.05) is 6.07 Å². The monoisotopic (exact) mass is 282 g/mol. The molecule has 1 N–H and O–H groups in total. The van der Waals surface area contributed by atoms with Crippen molar-refractivity contribution in [2.45, 2.75) is 52.4 Å². The molecule has 2 rings (SSSR count). The SMILES string of the molecule is CCCCCCc1cc(-c2ccccc2)cc(CC)c1O. The first kappa shape index (κ1) is 15.6. The lowest BCUT2D eigenvalue weighted by atomic mass is 9.95. The van der Waals surface area contributed by atoms with Crippen LogP contribution in [0.2, 0.25) is 0 Å². The quantitative estimate of drug-likeness (QED) is 0.641. The second-order valence-corrected chi connectivity index (χ2v) is 5.67. The summed E-state index contributed by atoms with van der Waals surface area (Å²) >= 11 is 0. The molecule has 0 fully saturated rings. The van der Waals surface area contributed by atoms with E-state index in [1.54, 1.807) is 0 Å². The first-order valence-corrected chi connectivity index (χ1v) is 8.16. The van der Waals surface area contributed by atoms with Crippen LogP contribution in [0.3, 0.4) is 0 Å². The Kier molecular flexibility index (Phi) is 5.86. The lowest BCUT2D eigenvalue weighted by molar-refractivity contribution is 0.460. The van der Waals surface area contributed by atoms with Crippen molar-refractivity contribution in [3.8, 4) is 16.9 Å². The highest BCUT2D eigenvalue weighted by atomic mass is 16.3. The van der Waals surface area contributed by atoms with Crippen LogP contribution in [0, 0.1) is 0 Å². The van der Waals surface area contributed by atoms with Gasteiger partial charge in [0.25, 0.3) is 0 Å². The highest BCUT2D eigenvalue weighted by Gasteiger charge is 2.10. The molecular weight excluding hydrogens is 256 g/mol. The van der Waals surface area contributed by atoms with Crippen molar-refractivity contribution < 1.29 is 5.11 Å². The van der Waals surface area contributed by atoms with Gasteiger partial charge in [-0.3, -0.25) is 0 Å². The number of hydrogen-bond donors (Lipinski definition) is 1. The molecule has 1 heteroatoms. The van der Waals surface area contributed by atoms with Crippen LogP contribution < -0.4 is 0 Å². The van der Waals surface area contributed by atoms with Gasteiger partial charge in [0.15, 0.2) is 0 Å². The molecule has 0 aliphatic carbocycles. The largest absolute Gasteiger partial charge is 0.507 e. The van der Waals surface area contributed by atoms with Crippen LogP contribution in [-0.4, -0.2) is 5.11 Å². The van der Waals surface area contributed by atoms with Gasteiger partial charge in [-0.15, -0.1) is 0 Å². The standard InChI is InChI=1S/C20H26O/c1-3-5-6-8-13-18-15-19(14-16(4-2)20(18)21)17-11-9-7-10-12-17/h7,9-12,14-15,21H,3-6,8,13H2,1-2H3. The van der Waals surface area contributed by atoms with Crippen LogP contribution in [0.4, 0.5) is 0 Å². The van der Waals surface area contributed by atoms with E-state index in [-0.39, 0.29) is 0 Å². The molecule has 0 saturated heterocycles. The second-order valence-electron chi connectivity index (χ2n) is 5.67. The van der Waals surface area contributed by atoms with E-state index in [1.165, 1.54) is 30.4 Å².